The molecule has 0 atom stereocenters. The summed E-state index contributed by atoms with van der Waals surface area (Å²) in [7, 11) is 0. The summed E-state index contributed by atoms with van der Waals surface area (Å²) in [6.45, 7) is 9.17. The molecule has 19 heavy (non-hydrogen) atoms. The quantitative estimate of drug-likeness (QED) is 0.639. The topological polar surface area (TPSA) is 90.7 Å². The Morgan fingerprint density at radius 1 is 1.16 bits per heavy atom. The van der Waals surface area contributed by atoms with Crippen molar-refractivity contribution in [1.82, 2.24) is 0 Å². The number of benzene rings is 1. The van der Waals surface area contributed by atoms with E-state index in [1.807, 2.05) is 32.9 Å². The van der Waals surface area contributed by atoms with Crippen molar-refractivity contribution in [3.05, 3.63) is 28.8 Å². The summed E-state index contributed by atoms with van der Waals surface area (Å²) in [5.74, 6) is -0.0827. The number of hydrogen-bond acceptors (Lipinski definition) is 2. The molecule has 0 spiro atoms. The van der Waals surface area contributed by atoms with Gasteiger partial charge in [0, 0.05) is 0 Å². The van der Waals surface area contributed by atoms with Gasteiger partial charge in [-0.1, -0.05) is 17.7 Å². The van der Waals surface area contributed by atoms with E-state index in [-0.39, 0.29) is 5.96 Å². The number of rotatable bonds is 3. The highest BCUT2D eigenvalue weighted by Gasteiger charge is 2.31. The molecule has 1 rings (SSSR count). The van der Waals surface area contributed by atoms with E-state index >= 15 is 0 Å². The van der Waals surface area contributed by atoms with Crippen molar-refractivity contribution < 1.29 is 9.53 Å². The molecule has 0 saturated heterocycles. The SMILES string of the molecule is Cc1cc(C)c(OC(C)(C)C(=O)N=C(N)N)c(C)c1. The van der Waals surface area contributed by atoms with Gasteiger partial charge in [0.05, 0.1) is 0 Å². The molecule has 0 bridgehead atoms. The number of hydrogen-bond donors (Lipinski definition) is 2. The Morgan fingerprint density at radius 2 is 1.63 bits per heavy atom. The third-order valence-corrected chi connectivity index (χ3v) is 2.71. The van der Waals surface area contributed by atoms with Crippen LogP contribution in [0.5, 0.6) is 5.75 Å². The summed E-state index contributed by atoms with van der Waals surface area (Å²) in [6, 6.07) is 4.01. The van der Waals surface area contributed by atoms with E-state index in [2.05, 4.69) is 4.99 Å². The first-order chi connectivity index (χ1) is 8.63. The molecule has 4 N–H and O–H groups in total. The van der Waals surface area contributed by atoms with Crippen LogP contribution in [0.1, 0.15) is 30.5 Å². The molecule has 1 amide bonds. The van der Waals surface area contributed by atoms with Crippen LogP contribution in [0, 0.1) is 20.8 Å². The van der Waals surface area contributed by atoms with E-state index in [0.29, 0.717) is 5.75 Å². The van der Waals surface area contributed by atoms with Crippen LogP contribution >= 0.6 is 0 Å². The van der Waals surface area contributed by atoms with Gasteiger partial charge in [-0.15, -0.1) is 0 Å². The highest BCUT2D eigenvalue weighted by Crippen LogP contribution is 2.28. The van der Waals surface area contributed by atoms with Crippen LogP contribution < -0.4 is 16.2 Å². The first-order valence-electron chi connectivity index (χ1n) is 6.04. The van der Waals surface area contributed by atoms with Crippen LogP contribution in [-0.2, 0) is 4.79 Å². The molecule has 0 radical (unpaired) electrons. The third kappa shape index (κ3) is 3.71. The predicted molar refractivity (Wildman–Crippen MR) is 76.2 cm³/mol. The molecule has 0 fully saturated rings. The van der Waals surface area contributed by atoms with Gasteiger partial charge in [0.25, 0.3) is 5.91 Å². The molecular formula is C14H21N3O2. The van der Waals surface area contributed by atoms with Crippen molar-refractivity contribution >= 4 is 11.9 Å². The highest BCUT2D eigenvalue weighted by molar-refractivity contribution is 5.95. The van der Waals surface area contributed by atoms with Crippen molar-refractivity contribution in [3.8, 4) is 5.75 Å². The van der Waals surface area contributed by atoms with Gasteiger partial charge in [-0.25, -0.2) is 0 Å². The number of amides is 1. The zero-order valence-electron chi connectivity index (χ0n) is 12.1. The van der Waals surface area contributed by atoms with E-state index in [4.69, 9.17) is 16.2 Å². The molecule has 5 nitrogen and oxygen atoms in total. The minimum atomic E-state index is -1.12. The zero-order valence-corrected chi connectivity index (χ0v) is 12.1. The average molecular weight is 263 g/mol. The van der Waals surface area contributed by atoms with Crippen LogP contribution in [-0.4, -0.2) is 17.5 Å². The summed E-state index contributed by atoms with van der Waals surface area (Å²) >= 11 is 0. The summed E-state index contributed by atoms with van der Waals surface area (Å²) in [4.78, 5) is 15.4. The molecule has 0 aliphatic carbocycles. The van der Waals surface area contributed by atoms with Gasteiger partial charge in [0.1, 0.15) is 5.75 Å². The number of guanidine groups is 1. The minimum absolute atomic E-state index is 0.265. The van der Waals surface area contributed by atoms with Gasteiger partial charge in [-0.05, 0) is 45.7 Å². The Bertz CT molecular complexity index is 506. The largest absolute Gasteiger partial charge is 0.477 e. The number of nitrogens with two attached hydrogens (primary N) is 2. The minimum Gasteiger partial charge on any atom is -0.477 e. The van der Waals surface area contributed by atoms with E-state index in [0.717, 1.165) is 16.7 Å². The normalized spacial score (nSPS) is 11.0. The first-order valence-corrected chi connectivity index (χ1v) is 6.04. The van der Waals surface area contributed by atoms with Crippen LogP contribution in [0.15, 0.2) is 17.1 Å². The fraction of sp³-hybridized carbons (Fsp3) is 0.429. The molecule has 0 heterocycles. The Morgan fingerprint density at radius 3 is 2.05 bits per heavy atom. The molecule has 0 aliphatic heterocycles. The second kappa shape index (κ2) is 5.30. The first kappa shape index (κ1) is 15.0. The van der Waals surface area contributed by atoms with Crippen molar-refractivity contribution in [2.45, 2.75) is 40.2 Å². The summed E-state index contributed by atoms with van der Waals surface area (Å²) < 4.78 is 5.81. The highest BCUT2D eigenvalue weighted by atomic mass is 16.5. The second-order valence-corrected chi connectivity index (χ2v) is 5.18. The van der Waals surface area contributed by atoms with Crippen molar-refractivity contribution in [3.63, 3.8) is 0 Å². The maximum absolute atomic E-state index is 11.9. The predicted octanol–water partition coefficient (Wildman–Crippen LogP) is 1.57. The van der Waals surface area contributed by atoms with Crippen molar-refractivity contribution in [2.24, 2.45) is 16.5 Å². The zero-order chi connectivity index (χ0) is 14.8. The lowest BCUT2D eigenvalue weighted by atomic mass is 10.0. The lowest BCUT2D eigenvalue weighted by Crippen LogP contribution is -2.39. The molecule has 0 aliphatic rings. The Hall–Kier alpha value is -2.04. The van der Waals surface area contributed by atoms with E-state index in [9.17, 15) is 4.79 Å². The summed E-state index contributed by atoms with van der Waals surface area (Å²) in [6.07, 6.45) is 0. The maximum atomic E-state index is 11.9. The molecule has 0 unspecified atom stereocenters. The number of aliphatic imine (C=N–C) groups is 1. The van der Waals surface area contributed by atoms with E-state index < -0.39 is 11.5 Å². The Balaban J connectivity index is 3.08. The van der Waals surface area contributed by atoms with Crippen LogP contribution in [0.3, 0.4) is 0 Å². The Labute approximate surface area is 113 Å². The molecular weight excluding hydrogens is 242 g/mol. The Kier molecular flexibility index (Phi) is 4.19. The maximum Gasteiger partial charge on any atom is 0.292 e. The van der Waals surface area contributed by atoms with Gasteiger partial charge in [-0.2, -0.15) is 4.99 Å². The fourth-order valence-corrected chi connectivity index (χ4v) is 1.88. The molecule has 5 heteroatoms. The lowest BCUT2D eigenvalue weighted by Gasteiger charge is -2.25. The third-order valence-electron chi connectivity index (χ3n) is 2.71. The molecule has 0 aromatic heterocycles. The van der Waals surface area contributed by atoms with Crippen LogP contribution in [0.4, 0.5) is 0 Å². The van der Waals surface area contributed by atoms with Gasteiger partial charge in [0.15, 0.2) is 11.6 Å². The number of carbonyl (C=O) groups excluding carboxylic acids is 1. The van der Waals surface area contributed by atoms with Gasteiger partial charge < -0.3 is 16.2 Å². The number of ether oxygens (including phenoxy) is 1. The summed E-state index contributed by atoms with van der Waals surface area (Å²) in [5.41, 5.74) is 12.4. The van der Waals surface area contributed by atoms with Crippen molar-refractivity contribution in [2.75, 3.05) is 0 Å². The van der Waals surface area contributed by atoms with Gasteiger partial charge in [-0.3, -0.25) is 4.79 Å². The van der Waals surface area contributed by atoms with Gasteiger partial charge >= 0.3 is 0 Å². The van der Waals surface area contributed by atoms with Crippen LogP contribution in [0.2, 0.25) is 0 Å². The van der Waals surface area contributed by atoms with Crippen LogP contribution in [0.25, 0.3) is 0 Å². The number of carbonyl (C=O) groups is 1. The fourth-order valence-electron chi connectivity index (χ4n) is 1.88. The summed E-state index contributed by atoms with van der Waals surface area (Å²) in [5, 5.41) is 0. The molecule has 1 aromatic rings. The monoisotopic (exact) mass is 263 g/mol. The van der Waals surface area contributed by atoms with E-state index in [1.54, 1.807) is 13.8 Å². The molecule has 1 aromatic carbocycles. The standard InChI is InChI=1S/C14H21N3O2/c1-8-6-9(2)11(10(3)7-8)19-14(4,5)12(18)17-13(15)16/h6-7H,1-5H3,(H4,15,16,17,18). The molecule has 104 valence electrons. The second-order valence-electron chi connectivity index (χ2n) is 5.18. The molecule has 0 saturated carbocycles. The number of aryl methyl sites for hydroxylation is 3. The van der Waals surface area contributed by atoms with Gasteiger partial charge in [0.2, 0.25) is 0 Å². The average Bonchev–Trinajstić information content (AvgIpc) is 2.22. The lowest BCUT2D eigenvalue weighted by molar-refractivity contribution is -0.130. The van der Waals surface area contributed by atoms with E-state index in [1.165, 1.54) is 0 Å². The van der Waals surface area contributed by atoms with Crippen molar-refractivity contribution in [1.29, 1.82) is 0 Å². The smallest absolute Gasteiger partial charge is 0.292 e. The number of nitrogens with zero attached hydrogens (tertiary/aromatic N) is 1.